The first-order valence-corrected chi connectivity index (χ1v) is 10.3. The Morgan fingerprint density at radius 3 is 2.57 bits per heavy atom. The van der Waals surface area contributed by atoms with Gasteiger partial charge in [0.15, 0.2) is 11.5 Å². The Kier molecular flexibility index (Phi) is 4.54. The lowest BCUT2D eigenvalue weighted by Crippen LogP contribution is -2.36. The van der Waals surface area contributed by atoms with Crippen LogP contribution in [0.3, 0.4) is 0 Å². The van der Waals surface area contributed by atoms with Crippen molar-refractivity contribution in [1.29, 1.82) is 0 Å². The largest absolute Gasteiger partial charge is 0.334 e. The summed E-state index contributed by atoms with van der Waals surface area (Å²) in [6.07, 6.45) is 3.41. The van der Waals surface area contributed by atoms with Gasteiger partial charge >= 0.3 is 0 Å². The van der Waals surface area contributed by atoms with Crippen LogP contribution in [-0.4, -0.2) is 36.9 Å². The summed E-state index contributed by atoms with van der Waals surface area (Å²) < 4.78 is 1.72. The second kappa shape index (κ2) is 7.37. The zero-order chi connectivity index (χ0) is 20.7. The third-order valence-corrected chi connectivity index (χ3v) is 5.75. The molecule has 0 unspecified atom stereocenters. The standard InChI is InChI=1S/C24H23N5O/c1-3-17-6-10-19(11-7-17)24(30)28-13-12-21-20(14-28)23-26-22(27-29(23)15-25-21)18-8-4-16(2)5-9-18/h4-11,15H,3,12-14H2,1-2H3. The Morgan fingerprint density at radius 2 is 1.83 bits per heavy atom. The van der Waals surface area contributed by atoms with Crippen molar-refractivity contribution in [2.24, 2.45) is 0 Å². The van der Waals surface area contributed by atoms with E-state index in [4.69, 9.17) is 4.98 Å². The van der Waals surface area contributed by atoms with E-state index in [-0.39, 0.29) is 5.91 Å². The van der Waals surface area contributed by atoms with Gasteiger partial charge in [-0.25, -0.2) is 14.5 Å². The number of aromatic nitrogens is 4. The van der Waals surface area contributed by atoms with E-state index in [0.29, 0.717) is 18.9 Å². The lowest BCUT2D eigenvalue weighted by molar-refractivity contribution is 0.0734. The average molecular weight is 397 g/mol. The first kappa shape index (κ1) is 18.5. The molecule has 0 saturated heterocycles. The Hall–Kier alpha value is -3.54. The van der Waals surface area contributed by atoms with Crippen molar-refractivity contribution in [3.63, 3.8) is 0 Å². The minimum absolute atomic E-state index is 0.0450. The van der Waals surface area contributed by atoms with Gasteiger partial charge in [0, 0.05) is 29.7 Å². The van der Waals surface area contributed by atoms with Gasteiger partial charge in [-0.2, -0.15) is 0 Å². The van der Waals surface area contributed by atoms with Crippen molar-refractivity contribution < 1.29 is 4.79 Å². The van der Waals surface area contributed by atoms with Crippen LogP contribution in [0.5, 0.6) is 0 Å². The molecule has 2 aromatic carbocycles. The Labute approximate surface area is 175 Å². The van der Waals surface area contributed by atoms with Gasteiger partial charge in [0.25, 0.3) is 5.91 Å². The molecule has 1 aliphatic rings. The quantitative estimate of drug-likeness (QED) is 0.527. The first-order valence-electron chi connectivity index (χ1n) is 10.3. The number of hydrogen-bond donors (Lipinski definition) is 0. The molecule has 4 aromatic rings. The maximum atomic E-state index is 13.1. The van der Waals surface area contributed by atoms with Crippen LogP contribution in [-0.2, 0) is 19.4 Å². The molecular formula is C24H23N5O. The van der Waals surface area contributed by atoms with Gasteiger partial charge < -0.3 is 4.90 Å². The number of aryl methyl sites for hydroxylation is 2. The summed E-state index contributed by atoms with van der Waals surface area (Å²) in [6.45, 7) is 5.32. The van der Waals surface area contributed by atoms with E-state index in [1.807, 2.05) is 41.3 Å². The highest BCUT2D eigenvalue weighted by Crippen LogP contribution is 2.25. The highest BCUT2D eigenvalue weighted by molar-refractivity contribution is 5.94. The van der Waals surface area contributed by atoms with E-state index in [1.54, 1.807) is 10.8 Å². The molecule has 3 heterocycles. The Bertz CT molecular complexity index is 1230. The van der Waals surface area contributed by atoms with Crippen LogP contribution in [0, 0.1) is 6.92 Å². The van der Waals surface area contributed by atoms with Gasteiger partial charge in [-0.3, -0.25) is 4.79 Å². The molecule has 5 rings (SSSR count). The zero-order valence-corrected chi connectivity index (χ0v) is 17.2. The number of amides is 1. The van der Waals surface area contributed by atoms with E-state index in [0.717, 1.165) is 40.9 Å². The van der Waals surface area contributed by atoms with Crippen LogP contribution in [0.2, 0.25) is 0 Å². The summed E-state index contributed by atoms with van der Waals surface area (Å²) in [4.78, 5) is 24.3. The fraction of sp³-hybridized carbons (Fsp3) is 0.250. The molecule has 150 valence electrons. The van der Waals surface area contributed by atoms with Crippen molar-refractivity contribution >= 4 is 11.6 Å². The van der Waals surface area contributed by atoms with Crippen LogP contribution in [0.1, 0.15) is 39.7 Å². The van der Waals surface area contributed by atoms with Crippen molar-refractivity contribution in [3.8, 4) is 11.4 Å². The SMILES string of the molecule is CCc1ccc(C(=O)N2CCc3ncn4nc(-c5ccc(C)cc5)nc4c3C2)cc1. The van der Waals surface area contributed by atoms with E-state index in [9.17, 15) is 4.79 Å². The van der Waals surface area contributed by atoms with Crippen LogP contribution >= 0.6 is 0 Å². The minimum Gasteiger partial charge on any atom is -0.334 e. The summed E-state index contributed by atoms with van der Waals surface area (Å²) in [5.41, 5.74) is 6.87. The molecule has 0 radical (unpaired) electrons. The van der Waals surface area contributed by atoms with Gasteiger partial charge in [0.05, 0.1) is 12.2 Å². The molecule has 0 fully saturated rings. The topological polar surface area (TPSA) is 63.4 Å². The normalized spacial score (nSPS) is 13.5. The third kappa shape index (κ3) is 3.24. The molecule has 1 aliphatic heterocycles. The summed E-state index contributed by atoms with van der Waals surface area (Å²) in [6, 6.07) is 16.1. The van der Waals surface area contributed by atoms with Crippen molar-refractivity contribution in [2.75, 3.05) is 6.54 Å². The first-order chi connectivity index (χ1) is 14.6. The number of rotatable bonds is 3. The second-order valence-electron chi connectivity index (χ2n) is 7.77. The van der Waals surface area contributed by atoms with E-state index < -0.39 is 0 Å². The second-order valence-corrected chi connectivity index (χ2v) is 7.77. The van der Waals surface area contributed by atoms with Gasteiger partial charge in [0.2, 0.25) is 0 Å². The van der Waals surface area contributed by atoms with Crippen molar-refractivity contribution in [1.82, 2.24) is 24.5 Å². The molecule has 0 aliphatic carbocycles. The molecule has 0 spiro atoms. The summed E-state index contributed by atoms with van der Waals surface area (Å²) in [5.74, 6) is 0.715. The highest BCUT2D eigenvalue weighted by atomic mass is 16.2. The molecule has 0 N–H and O–H groups in total. The fourth-order valence-corrected chi connectivity index (χ4v) is 3.89. The third-order valence-electron chi connectivity index (χ3n) is 5.75. The van der Waals surface area contributed by atoms with Crippen LogP contribution < -0.4 is 0 Å². The van der Waals surface area contributed by atoms with Crippen LogP contribution in [0.4, 0.5) is 0 Å². The lowest BCUT2D eigenvalue weighted by atomic mass is 10.0. The lowest BCUT2D eigenvalue weighted by Gasteiger charge is -2.28. The predicted octanol–water partition coefficient (Wildman–Crippen LogP) is 3.86. The van der Waals surface area contributed by atoms with E-state index in [2.05, 4.69) is 36.1 Å². The van der Waals surface area contributed by atoms with Crippen LogP contribution in [0.25, 0.3) is 17.0 Å². The highest BCUT2D eigenvalue weighted by Gasteiger charge is 2.26. The van der Waals surface area contributed by atoms with Gasteiger partial charge in [0.1, 0.15) is 6.33 Å². The molecular weight excluding hydrogens is 374 g/mol. The van der Waals surface area contributed by atoms with Gasteiger partial charge in [-0.05, 0) is 31.0 Å². The minimum atomic E-state index is 0.0450. The number of hydrogen-bond acceptors (Lipinski definition) is 4. The Balaban J connectivity index is 1.47. The molecule has 0 saturated carbocycles. The number of carbonyl (C=O) groups is 1. The van der Waals surface area contributed by atoms with Gasteiger partial charge in [-0.1, -0.05) is 48.9 Å². The molecule has 30 heavy (non-hydrogen) atoms. The van der Waals surface area contributed by atoms with E-state index >= 15 is 0 Å². The molecule has 0 atom stereocenters. The van der Waals surface area contributed by atoms with Crippen molar-refractivity contribution in [2.45, 2.75) is 33.2 Å². The predicted molar refractivity (Wildman–Crippen MR) is 115 cm³/mol. The maximum Gasteiger partial charge on any atom is 0.254 e. The number of fused-ring (bicyclic) bond motifs is 3. The smallest absolute Gasteiger partial charge is 0.254 e. The Morgan fingerprint density at radius 1 is 1.07 bits per heavy atom. The molecule has 0 bridgehead atoms. The number of nitrogens with zero attached hydrogens (tertiary/aromatic N) is 5. The van der Waals surface area contributed by atoms with Crippen LogP contribution in [0.15, 0.2) is 54.9 Å². The molecule has 6 heteroatoms. The van der Waals surface area contributed by atoms with Crippen molar-refractivity contribution in [3.05, 3.63) is 82.8 Å². The monoisotopic (exact) mass is 397 g/mol. The summed E-state index contributed by atoms with van der Waals surface area (Å²) in [7, 11) is 0. The van der Waals surface area contributed by atoms with Gasteiger partial charge in [-0.15, -0.1) is 5.10 Å². The summed E-state index contributed by atoms with van der Waals surface area (Å²) in [5, 5.41) is 4.61. The number of carbonyl (C=O) groups excluding carboxylic acids is 1. The molecule has 2 aromatic heterocycles. The average Bonchev–Trinajstić information content (AvgIpc) is 3.24. The molecule has 1 amide bonds. The number of benzene rings is 2. The molecule has 6 nitrogen and oxygen atoms in total. The summed E-state index contributed by atoms with van der Waals surface area (Å²) >= 11 is 0. The maximum absolute atomic E-state index is 13.1. The van der Waals surface area contributed by atoms with E-state index in [1.165, 1.54) is 11.1 Å². The zero-order valence-electron chi connectivity index (χ0n) is 17.2. The fourth-order valence-electron chi connectivity index (χ4n) is 3.89.